The van der Waals surface area contributed by atoms with Crippen LogP contribution < -0.4 is 5.43 Å². The fourth-order valence-corrected chi connectivity index (χ4v) is 2.92. The number of hydrogen-bond donors (Lipinski definition) is 1. The van der Waals surface area contributed by atoms with Gasteiger partial charge in [-0.2, -0.15) is 0 Å². The molecule has 0 radical (unpaired) electrons. The Morgan fingerprint density at radius 3 is 2.54 bits per heavy atom. The number of aromatic amines is 1. The monoisotopic (exact) mass is 328 g/mol. The van der Waals surface area contributed by atoms with Gasteiger partial charge in [0, 0.05) is 30.1 Å². The molecule has 1 amide bonds. The summed E-state index contributed by atoms with van der Waals surface area (Å²) in [6.45, 7) is 1.13. The zero-order valence-electron chi connectivity index (χ0n) is 13.4. The average molecular weight is 328 g/mol. The molecule has 6 nitrogen and oxygen atoms in total. The first-order chi connectivity index (χ1) is 11.6. The number of benzene rings is 1. The molecule has 0 atom stereocenters. The third kappa shape index (κ3) is 3.64. The topological polar surface area (TPSA) is 79.5 Å². The van der Waals surface area contributed by atoms with E-state index >= 15 is 0 Å². The molecule has 24 heavy (non-hydrogen) atoms. The largest absolute Gasteiger partial charge is 0.451 e. The van der Waals surface area contributed by atoms with Gasteiger partial charge in [-0.15, -0.1) is 0 Å². The molecule has 1 aliphatic rings. The number of nitrogens with one attached hydrogen (secondary N) is 1. The van der Waals surface area contributed by atoms with Crippen LogP contribution in [0.15, 0.2) is 35.1 Å². The predicted octanol–water partition coefficient (Wildman–Crippen LogP) is 2.09. The molecular formula is C18H20N2O4. The van der Waals surface area contributed by atoms with Gasteiger partial charge in [-0.3, -0.25) is 9.59 Å². The molecule has 0 unspecified atom stereocenters. The van der Waals surface area contributed by atoms with Gasteiger partial charge in [-0.25, -0.2) is 4.79 Å². The number of carbonyl (C=O) groups excluding carboxylic acids is 2. The van der Waals surface area contributed by atoms with E-state index in [4.69, 9.17) is 4.74 Å². The molecule has 0 spiro atoms. The number of amides is 1. The lowest BCUT2D eigenvalue weighted by molar-refractivity contribution is -0.134. The molecule has 3 rings (SSSR count). The van der Waals surface area contributed by atoms with Crippen LogP contribution in [0.4, 0.5) is 0 Å². The molecular weight excluding hydrogens is 308 g/mol. The molecule has 0 bridgehead atoms. The molecule has 6 heteroatoms. The highest BCUT2D eigenvalue weighted by Crippen LogP contribution is 2.11. The van der Waals surface area contributed by atoms with Crippen LogP contribution in [0, 0.1) is 0 Å². The molecule has 1 fully saturated rings. The Morgan fingerprint density at radius 1 is 1.08 bits per heavy atom. The number of esters is 1. The lowest BCUT2D eigenvalue weighted by Gasteiger charge is -2.19. The Hall–Kier alpha value is -2.63. The molecule has 2 heterocycles. The van der Waals surface area contributed by atoms with Crippen LogP contribution in [0.5, 0.6) is 0 Å². The lowest BCUT2D eigenvalue weighted by Crippen LogP contribution is -2.35. The number of fused-ring (bicyclic) bond motifs is 1. The smallest absolute Gasteiger partial charge is 0.355 e. The first kappa shape index (κ1) is 16.2. The van der Waals surface area contributed by atoms with Crippen molar-refractivity contribution in [2.75, 3.05) is 19.7 Å². The zero-order chi connectivity index (χ0) is 16.9. The van der Waals surface area contributed by atoms with Crippen molar-refractivity contribution in [2.45, 2.75) is 25.7 Å². The highest BCUT2D eigenvalue weighted by molar-refractivity contribution is 5.92. The minimum absolute atomic E-state index is 0.0577. The van der Waals surface area contributed by atoms with Crippen molar-refractivity contribution < 1.29 is 14.3 Å². The normalized spacial score (nSPS) is 15.1. The van der Waals surface area contributed by atoms with Crippen molar-refractivity contribution in [2.24, 2.45) is 0 Å². The van der Waals surface area contributed by atoms with E-state index in [-0.39, 0.29) is 23.6 Å². The number of ether oxygens (including phenoxy) is 1. The van der Waals surface area contributed by atoms with Crippen molar-refractivity contribution in [1.82, 2.24) is 9.88 Å². The average Bonchev–Trinajstić information content (AvgIpc) is 2.88. The maximum Gasteiger partial charge on any atom is 0.355 e. The van der Waals surface area contributed by atoms with E-state index in [9.17, 15) is 14.4 Å². The van der Waals surface area contributed by atoms with Crippen molar-refractivity contribution in [3.8, 4) is 0 Å². The minimum atomic E-state index is -0.693. The molecule has 1 aliphatic heterocycles. The molecule has 1 saturated heterocycles. The number of para-hydroxylation sites is 1. The second kappa shape index (κ2) is 7.29. The van der Waals surface area contributed by atoms with E-state index in [0.717, 1.165) is 25.7 Å². The van der Waals surface area contributed by atoms with Crippen LogP contribution in [0.3, 0.4) is 0 Å². The predicted molar refractivity (Wildman–Crippen MR) is 89.9 cm³/mol. The minimum Gasteiger partial charge on any atom is -0.451 e. The molecule has 2 aromatic rings. The number of hydrogen-bond acceptors (Lipinski definition) is 4. The Kier molecular flexibility index (Phi) is 4.93. The van der Waals surface area contributed by atoms with Gasteiger partial charge in [0.2, 0.25) is 0 Å². The third-order valence-electron chi connectivity index (χ3n) is 4.24. The van der Waals surface area contributed by atoms with Gasteiger partial charge in [0.25, 0.3) is 5.91 Å². The number of nitrogens with zero attached hydrogens (tertiary/aromatic N) is 1. The first-order valence-corrected chi connectivity index (χ1v) is 8.22. The van der Waals surface area contributed by atoms with Crippen molar-refractivity contribution in [3.63, 3.8) is 0 Å². The van der Waals surface area contributed by atoms with Gasteiger partial charge < -0.3 is 14.6 Å². The fraction of sp³-hybridized carbons (Fsp3) is 0.389. The number of rotatable bonds is 3. The number of likely N-dealkylation sites (tertiary alicyclic amines) is 1. The highest BCUT2D eigenvalue weighted by Gasteiger charge is 2.18. The van der Waals surface area contributed by atoms with Crippen LogP contribution in [0.25, 0.3) is 10.9 Å². The van der Waals surface area contributed by atoms with E-state index in [1.54, 1.807) is 29.2 Å². The van der Waals surface area contributed by atoms with Gasteiger partial charge in [0.15, 0.2) is 12.0 Å². The Labute approximate surface area is 139 Å². The molecule has 0 saturated carbocycles. The summed E-state index contributed by atoms with van der Waals surface area (Å²) >= 11 is 0. The van der Waals surface area contributed by atoms with Crippen LogP contribution in [-0.2, 0) is 9.53 Å². The summed E-state index contributed by atoms with van der Waals surface area (Å²) in [5.41, 5.74) is 0.369. The molecule has 1 N–H and O–H groups in total. The Bertz CT molecular complexity index is 804. The quantitative estimate of drug-likeness (QED) is 0.875. The van der Waals surface area contributed by atoms with Gasteiger partial charge in [-0.05, 0) is 25.0 Å². The summed E-state index contributed by atoms with van der Waals surface area (Å²) in [4.78, 5) is 40.9. The highest BCUT2D eigenvalue weighted by atomic mass is 16.5. The Balaban J connectivity index is 1.66. The van der Waals surface area contributed by atoms with Gasteiger partial charge in [0.05, 0.1) is 0 Å². The van der Waals surface area contributed by atoms with Crippen LogP contribution in [-0.4, -0.2) is 41.5 Å². The van der Waals surface area contributed by atoms with Crippen LogP contribution >= 0.6 is 0 Å². The van der Waals surface area contributed by atoms with Crippen molar-refractivity contribution in [1.29, 1.82) is 0 Å². The number of carbonyl (C=O) groups is 2. The third-order valence-corrected chi connectivity index (χ3v) is 4.24. The fourth-order valence-electron chi connectivity index (χ4n) is 2.92. The summed E-state index contributed by atoms with van der Waals surface area (Å²) in [5.74, 6) is -0.880. The van der Waals surface area contributed by atoms with E-state index in [1.165, 1.54) is 6.07 Å². The summed E-state index contributed by atoms with van der Waals surface area (Å²) in [5, 5.41) is 0.509. The van der Waals surface area contributed by atoms with E-state index in [1.807, 2.05) is 0 Å². The summed E-state index contributed by atoms with van der Waals surface area (Å²) in [6, 6.07) is 8.15. The number of H-pyrrole nitrogens is 1. The van der Waals surface area contributed by atoms with Crippen LogP contribution in [0.1, 0.15) is 36.2 Å². The first-order valence-electron chi connectivity index (χ1n) is 8.22. The molecule has 1 aromatic carbocycles. The van der Waals surface area contributed by atoms with Crippen molar-refractivity contribution in [3.05, 3.63) is 46.2 Å². The van der Waals surface area contributed by atoms with E-state index < -0.39 is 5.97 Å². The maximum atomic E-state index is 12.1. The standard InChI is InChI=1S/C18H20N2O4/c21-16-11-15(19-14-8-4-3-7-13(14)16)18(23)24-12-17(22)20-9-5-1-2-6-10-20/h3-4,7-8,11H,1-2,5-6,9-10,12H2,(H,19,21). The van der Waals surface area contributed by atoms with E-state index in [2.05, 4.69) is 4.98 Å². The number of aromatic nitrogens is 1. The Morgan fingerprint density at radius 2 is 1.79 bits per heavy atom. The second-order valence-electron chi connectivity index (χ2n) is 5.96. The summed E-state index contributed by atoms with van der Waals surface area (Å²) in [7, 11) is 0. The molecule has 126 valence electrons. The van der Waals surface area contributed by atoms with Gasteiger partial charge in [0.1, 0.15) is 5.69 Å². The van der Waals surface area contributed by atoms with Crippen LogP contribution in [0.2, 0.25) is 0 Å². The van der Waals surface area contributed by atoms with Gasteiger partial charge in [-0.1, -0.05) is 25.0 Å². The van der Waals surface area contributed by atoms with Crippen molar-refractivity contribution >= 4 is 22.8 Å². The SMILES string of the molecule is O=C(OCC(=O)N1CCCCCC1)c1cc(=O)c2ccccc2[nH]1. The van der Waals surface area contributed by atoms with Gasteiger partial charge >= 0.3 is 5.97 Å². The molecule has 1 aromatic heterocycles. The maximum absolute atomic E-state index is 12.1. The lowest BCUT2D eigenvalue weighted by atomic mass is 10.2. The second-order valence-corrected chi connectivity index (χ2v) is 5.96. The zero-order valence-corrected chi connectivity index (χ0v) is 13.4. The summed E-state index contributed by atoms with van der Waals surface area (Å²) < 4.78 is 5.09. The summed E-state index contributed by atoms with van der Waals surface area (Å²) in [6.07, 6.45) is 4.22. The molecule has 0 aliphatic carbocycles. The van der Waals surface area contributed by atoms with E-state index in [0.29, 0.717) is 24.0 Å². The number of pyridine rings is 1.